The number of aromatic nitrogens is 1. The van der Waals surface area contributed by atoms with Gasteiger partial charge in [-0.2, -0.15) is 0 Å². The Labute approximate surface area is 191 Å². The van der Waals surface area contributed by atoms with Crippen molar-refractivity contribution in [1.29, 1.82) is 0 Å². The minimum absolute atomic E-state index is 0.118. The molecule has 3 N–H and O–H groups in total. The number of hydrogen-bond donors (Lipinski definition) is 2. The quantitative estimate of drug-likeness (QED) is 0.380. The van der Waals surface area contributed by atoms with Gasteiger partial charge >= 0.3 is 0 Å². The monoisotopic (exact) mass is 433 g/mol. The molecule has 0 saturated carbocycles. The van der Waals surface area contributed by atoms with Crippen LogP contribution in [0.1, 0.15) is 22.8 Å². The molecule has 1 aromatic heterocycles. The number of benzene rings is 4. The summed E-state index contributed by atoms with van der Waals surface area (Å²) in [6.45, 7) is 2.03. The van der Waals surface area contributed by atoms with Crippen molar-refractivity contribution in [1.82, 2.24) is 4.57 Å². The van der Waals surface area contributed by atoms with Crippen molar-refractivity contribution in [2.75, 3.05) is 5.32 Å². The van der Waals surface area contributed by atoms with Crippen LogP contribution in [0.3, 0.4) is 0 Å². The van der Waals surface area contributed by atoms with Crippen LogP contribution in [0, 0.1) is 0 Å². The highest BCUT2D eigenvalue weighted by atomic mass is 16.1. The van der Waals surface area contributed by atoms with Crippen LogP contribution in [0.15, 0.2) is 91.0 Å². The highest BCUT2D eigenvalue weighted by Crippen LogP contribution is 2.35. The number of nitrogens with one attached hydrogen (secondary N) is 1. The van der Waals surface area contributed by atoms with Crippen molar-refractivity contribution in [2.45, 2.75) is 13.5 Å². The summed E-state index contributed by atoms with van der Waals surface area (Å²) in [7, 11) is 0. The average Bonchev–Trinajstić information content (AvgIpc) is 3.13. The third kappa shape index (κ3) is 3.74. The number of fused-ring (bicyclic) bond motifs is 3. The predicted octanol–water partition coefficient (Wildman–Crippen LogP) is 5.57. The van der Waals surface area contributed by atoms with E-state index in [9.17, 15) is 9.59 Å². The molecular weight excluding hydrogens is 410 g/mol. The third-order valence-electron chi connectivity index (χ3n) is 5.92. The van der Waals surface area contributed by atoms with Crippen molar-refractivity contribution in [2.24, 2.45) is 5.73 Å². The van der Waals surface area contributed by atoms with Crippen LogP contribution in [-0.4, -0.2) is 16.4 Å². The van der Waals surface area contributed by atoms with E-state index in [1.165, 1.54) is 6.92 Å². The number of nitrogens with zero attached hydrogens (tertiary/aromatic N) is 1. The topological polar surface area (TPSA) is 77.1 Å². The largest absolute Gasteiger partial charge is 0.366 e. The van der Waals surface area contributed by atoms with Crippen molar-refractivity contribution >= 4 is 39.3 Å². The number of carbonyl (C=O) groups is 2. The summed E-state index contributed by atoms with van der Waals surface area (Å²) in [5.74, 6) is -0.572. The SMILES string of the molecule is CC(=O)Nc1ccccc1Cn1c2cc(-c3ccccc3)ccc2c2c(C(N)=O)cccc21. The van der Waals surface area contributed by atoms with Gasteiger partial charge in [-0.1, -0.05) is 66.7 Å². The van der Waals surface area contributed by atoms with Crippen molar-refractivity contribution in [3.05, 3.63) is 102 Å². The Hall–Kier alpha value is -4.38. The van der Waals surface area contributed by atoms with E-state index in [4.69, 9.17) is 5.73 Å². The Morgan fingerprint density at radius 3 is 2.33 bits per heavy atom. The van der Waals surface area contributed by atoms with E-state index in [-0.39, 0.29) is 5.91 Å². The first kappa shape index (κ1) is 20.5. The Kier molecular flexibility index (Phi) is 5.15. The Balaban J connectivity index is 1.78. The van der Waals surface area contributed by atoms with E-state index in [0.29, 0.717) is 12.1 Å². The smallest absolute Gasteiger partial charge is 0.249 e. The summed E-state index contributed by atoms with van der Waals surface area (Å²) < 4.78 is 2.18. The number of carbonyl (C=O) groups excluding carboxylic acids is 2. The second-order valence-corrected chi connectivity index (χ2v) is 8.09. The molecule has 5 nitrogen and oxygen atoms in total. The van der Waals surface area contributed by atoms with Gasteiger partial charge in [0, 0.05) is 28.9 Å². The molecule has 0 bridgehead atoms. The molecule has 0 spiro atoms. The number of anilines is 1. The lowest BCUT2D eigenvalue weighted by Gasteiger charge is -2.13. The first-order valence-electron chi connectivity index (χ1n) is 10.8. The van der Waals surface area contributed by atoms with Crippen LogP contribution in [0.25, 0.3) is 32.9 Å². The van der Waals surface area contributed by atoms with Crippen LogP contribution >= 0.6 is 0 Å². The van der Waals surface area contributed by atoms with Crippen LogP contribution in [0.4, 0.5) is 5.69 Å². The van der Waals surface area contributed by atoms with Gasteiger partial charge in [0.15, 0.2) is 0 Å². The zero-order chi connectivity index (χ0) is 22.9. The van der Waals surface area contributed by atoms with Crippen LogP contribution in [0.2, 0.25) is 0 Å². The molecule has 0 saturated heterocycles. The van der Waals surface area contributed by atoms with Gasteiger partial charge in [0.2, 0.25) is 11.8 Å². The highest BCUT2D eigenvalue weighted by Gasteiger charge is 2.18. The molecule has 0 fully saturated rings. The molecule has 0 aliphatic heterocycles. The zero-order valence-corrected chi connectivity index (χ0v) is 18.2. The Bertz CT molecular complexity index is 1520. The molecule has 2 amide bonds. The number of hydrogen-bond acceptors (Lipinski definition) is 2. The number of amides is 2. The normalized spacial score (nSPS) is 11.1. The fraction of sp³-hybridized carbons (Fsp3) is 0.0714. The summed E-state index contributed by atoms with van der Waals surface area (Å²) in [6, 6.07) is 29.9. The maximum absolute atomic E-state index is 12.3. The van der Waals surface area contributed by atoms with E-state index in [1.54, 1.807) is 6.07 Å². The molecule has 0 aliphatic rings. The van der Waals surface area contributed by atoms with Gasteiger partial charge in [-0.25, -0.2) is 0 Å². The lowest BCUT2D eigenvalue weighted by Crippen LogP contribution is -2.11. The van der Waals surface area contributed by atoms with E-state index < -0.39 is 5.91 Å². The molecule has 4 aromatic carbocycles. The van der Waals surface area contributed by atoms with E-state index in [2.05, 4.69) is 40.2 Å². The first-order chi connectivity index (χ1) is 16.0. The summed E-state index contributed by atoms with van der Waals surface area (Å²) in [6.07, 6.45) is 0. The Morgan fingerprint density at radius 2 is 1.58 bits per heavy atom. The molecule has 162 valence electrons. The second kappa shape index (κ2) is 8.28. The summed E-state index contributed by atoms with van der Waals surface area (Å²) in [5.41, 5.74) is 12.1. The molecule has 0 unspecified atom stereocenters. The van der Waals surface area contributed by atoms with E-state index in [0.717, 1.165) is 44.2 Å². The maximum Gasteiger partial charge on any atom is 0.249 e. The third-order valence-corrected chi connectivity index (χ3v) is 5.92. The first-order valence-corrected chi connectivity index (χ1v) is 10.8. The summed E-state index contributed by atoms with van der Waals surface area (Å²) in [5, 5.41) is 4.74. The number of primary amides is 1. The molecule has 0 aliphatic carbocycles. The molecule has 33 heavy (non-hydrogen) atoms. The predicted molar refractivity (Wildman–Crippen MR) is 133 cm³/mol. The molecule has 1 heterocycles. The molecule has 0 radical (unpaired) electrons. The molecule has 5 rings (SSSR count). The Morgan fingerprint density at radius 1 is 0.818 bits per heavy atom. The van der Waals surface area contributed by atoms with Gasteiger partial charge in [-0.15, -0.1) is 0 Å². The summed E-state index contributed by atoms with van der Waals surface area (Å²) in [4.78, 5) is 24.0. The number of para-hydroxylation sites is 1. The van der Waals surface area contributed by atoms with Gasteiger partial charge < -0.3 is 15.6 Å². The maximum atomic E-state index is 12.3. The van der Waals surface area contributed by atoms with Crippen LogP contribution in [-0.2, 0) is 11.3 Å². The second-order valence-electron chi connectivity index (χ2n) is 8.09. The lowest BCUT2D eigenvalue weighted by atomic mass is 10.0. The highest BCUT2D eigenvalue weighted by molar-refractivity contribution is 6.18. The average molecular weight is 434 g/mol. The standard InChI is InChI=1S/C28H23N3O2/c1-18(32)30-24-12-6-5-10-21(24)17-31-25-13-7-11-23(28(29)33)27(25)22-15-14-20(16-26(22)31)19-8-3-2-4-9-19/h2-16H,17H2,1H3,(H2,29,33)(H,30,32). The molecule has 5 aromatic rings. The number of nitrogens with two attached hydrogens (primary N) is 1. The fourth-order valence-electron chi connectivity index (χ4n) is 4.47. The summed E-state index contributed by atoms with van der Waals surface area (Å²) >= 11 is 0. The minimum atomic E-state index is -0.453. The number of rotatable bonds is 5. The van der Waals surface area contributed by atoms with Gasteiger partial charge in [-0.05, 0) is 41.0 Å². The fourth-order valence-corrected chi connectivity index (χ4v) is 4.47. The van der Waals surface area contributed by atoms with E-state index >= 15 is 0 Å². The molecule has 5 heteroatoms. The van der Waals surface area contributed by atoms with Gasteiger partial charge in [0.25, 0.3) is 0 Å². The van der Waals surface area contributed by atoms with E-state index in [1.807, 2.05) is 54.6 Å². The van der Waals surface area contributed by atoms with Gasteiger partial charge in [0.05, 0.1) is 17.6 Å². The van der Waals surface area contributed by atoms with Crippen molar-refractivity contribution in [3.8, 4) is 11.1 Å². The van der Waals surface area contributed by atoms with Crippen molar-refractivity contribution < 1.29 is 9.59 Å². The molecular formula is C28H23N3O2. The van der Waals surface area contributed by atoms with Crippen molar-refractivity contribution in [3.63, 3.8) is 0 Å². The minimum Gasteiger partial charge on any atom is -0.366 e. The molecule has 0 atom stereocenters. The van der Waals surface area contributed by atoms with Crippen LogP contribution < -0.4 is 11.1 Å². The van der Waals surface area contributed by atoms with Gasteiger partial charge in [-0.3, -0.25) is 9.59 Å². The van der Waals surface area contributed by atoms with Gasteiger partial charge in [0.1, 0.15) is 0 Å². The lowest BCUT2D eigenvalue weighted by molar-refractivity contribution is -0.114. The zero-order valence-electron chi connectivity index (χ0n) is 18.2. The van der Waals surface area contributed by atoms with Crippen LogP contribution in [0.5, 0.6) is 0 Å².